The molecule has 1 atom stereocenters. The fourth-order valence-corrected chi connectivity index (χ4v) is 3.84. The number of nitrogens with zero attached hydrogens (tertiary/aromatic N) is 5. The minimum atomic E-state index is -0.257. The first-order chi connectivity index (χ1) is 13.7. The van der Waals surface area contributed by atoms with Gasteiger partial charge in [0.05, 0.1) is 17.4 Å². The van der Waals surface area contributed by atoms with Crippen LogP contribution in [0.3, 0.4) is 0 Å². The molecule has 6 nitrogen and oxygen atoms in total. The Balaban J connectivity index is 1.57. The lowest BCUT2D eigenvalue weighted by Gasteiger charge is -2.28. The second-order valence-corrected chi connectivity index (χ2v) is 7.17. The number of nitrogens with one attached hydrogen (secondary N) is 1. The fraction of sp³-hybridized carbons (Fsp3) is 0.286. The average Bonchev–Trinajstić information content (AvgIpc) is 3.16. The van der Waals surface area contributed by atoms with E-state index in [0.29, 0.717) is 11.1 Å². The van der Waals surface area contributed by atoms with Crippen LogP contribution in [0.25, 0.3) is 16.6 Å². The lowest BCUT2D eigenvalue weighted by molar-refractivity contribution is 0.579. The third-order valence-corrected chi connectivity index (χ3v) is 5.45. The van der Waals surface area contributed by atoms with Crippen molar-refractivity contribution in [3.63, 3.8) is 0 Å². The monoisotopic (exact) mass is 376 g/mol. The molecule has 0 spiro atoms. The van der Waals surface area contributed by atoms with Crippen LogP contribution >= 0.6 is 0 Å². The van der Waals surface area contributed by atoms with Gasteiger partial charge in [-0.25, -0.2) is 13.9 Å². The highest BCUT2D eigenvalue weighted by Crippen LogP contribution is 2.29. The molecule has 4 aromatic rings. The minimum Gasteiger partial charge on any atom is -0.353 e. The zero-order valence-electron chi connectivity index (χ0n) is 15.6. The number of anilines is 1. The van der Waals surface area contributed by atoms with E-state index in [-0.39, 0.29) is 11.7 Å². The predicted octanol–water partition coefficient (Wildman–Crippen LogP) is 2.98. The standard InChI is InChI=1S/C21H21FN6/c1-14(16-11-15-3-2-6-24-18(15)12-17(16)22)19-13-25-20-4-5-21(26-28(19)20)27-9-7-23-8-10-27/h2-6,11-14,23H,7-10H2,1H3. The number of hydrogen-bond acceptors (Lipinski definition) is 5. The Labute approximate surface area is 162 Å². The summed E-state index contributed by atoms with van der Waals surface area (Å²) in [5, 5.41) is 9.09. The van der Waals surface area contributed by atoms with Crippen LogP contribution in [0, 0.1) is 5.82 Å². The van der Waals surface area contributed by atoms with E-state index in [1.54, 1.807) is 12.4 Å². The largest absolute Gasteiger partial charge is 0.353 e. The Morgan fingerprint density at radius 3 is 2.82 bits per heavy atom. The van der Waals surface area contributed by atoms with E-state index < -0.39 is 0 Å². The molecule has 1 fully saturated rings. The summed E-state index contributed by atoms with van der Waals surface area (Å²) in [5.74, 6) is 0.473. The van der Waals surface area contributed by atoms with Crippen molar-refractivity contribution in [3.8, 4) is 0 Å². The van der Waals surface area contributed by atoms with Gasteiger partial charge in [0.15, 0.2) is 5.65 Å². The molecular weight excluding hydrogens is 355 g/mol. The van der Waals surface area contributed by atoms with Crippen LogP contribution in [0.4, 0.5) is 10.2 Å². The Morgan fingerprint density at radius 1 is 1.11 bits per heavy atom. The molecular formula is C21H21FN6. The van der Waals surface area contributed by atoms with Crippen LogP contribution in [0.2, 0.25) is 0 Å². The van der Waals surface area contributed by atoms with E-state index in [4.69, 9.17) is 5.10 Å². The van der Waals surface area contributed by atoms with Crippen LogP contribution in [0.15, 0.2) is 48.8 Å². The van der Waals surface area contributed by atoms with Gasteiger partial charge >= 0.3 is 0 Å². The van der Waals surface area contributed by atoms with Gasteiger partial charge < -0.3 is 10.2 Å². The summed E-state index contributed by atoms with van der Waals surface area (Å²) >= 11 is 0. The van der Waals surface area contributed by atoms with Gasteiger partial charge in [-0.05, 0) is 29.8 Å². The summed E-state index contributed by atoms with van der Waals surface area (Å²) in [4.78, 5) is 11.0. The van der Waals surface area contributed by atoms with E-state index in [0.717, 1.165) is 48.7 Å². The van der Waals surface area contributed by atoms with Crippen molar-refractivity contribution in [3.05, 3.63) is 65.9 Å². The van der Waals surface area contributed by atoms with Crippen molar-refractivity contribution < 1.29 is 4.39 Å². The highest BCUT2D eigenvalue weighted by Gasteiger charge is 2.20. The van der Waals surface area contributed by atoms with Crippen molar-refractivity contribution in [2.75, 3.05) is 31.1 Å². The van der Waals surface area contributed by atoms with Crippen molar-refractivity contribution in [2.24, 2.45) is 0 Å². The van der Waals surface area contributed by atoms with Gasteiger partial charge in [-0.3, -0.25) is 4.98 Å². The lowest BCUT2D eigenvalue weighted by Crippen LogP contribution is -2.44. The Bertz CT molecular complexity index is 1150. The molecule has 5 rings (SSSR count). The molecule has 1 unspecified atom stereocenters. The first kappa shape index (κ1) is 17.1. The van der Waals surface area contributed by atoms with Crippen molar-refractivity contribution in [1.29, 1.82) is 0 Å². The maximum absolute atomic E-state index is 14.8. The van der Waals surface area contributed by atoms with Gasteiger partial charge in [0, 0.05) is 49.7 Å². The number of rotatable bonds is 3. The number of fused-ring (bicyclic) bond motifs is 2. The average molecular weight is 376 g/mol. The highest BCUT2D eigenvalue weighted by molar-refractivity contribution is 5.79. The maximum atomic E-state index is 14.8. The van der Waals surface area contributed by atoms with Crippen molar-refractivity contribution in [1.82, 2.24) is 24.9 Å². The number of pyridine rings is 1. The fourth-order valence-electron chi connectivity index (χ4n) is 3.84. The molecule has 0 aliphatic carbocycles. The molecule has 0 saturated carbocycles. The lowest BCUT2D eigenvalue weighted by atomic mass is 9.96. The van der Waals surface area contributed by atoms with Gasteiger partial charge in [0.1, 0.15) is 11.6 Å². The zero-order valence-corrected chi connectivity index (χ0v) is 15.6. The third-order valence-electron chi connectivity index (χ3n) is 5.45. The smallest absolute Gasteiger partial charge is 0.153 e. The molecule has 0 radical (unpaired) electrons. The quantitative estimate of drug-likeness (QED) is 0.596. The van der Waals surface area contributed by atoms with Gasteiger partial charge in [-0.2, -0.15) is 0 Å². The van der Waals surface area contributed by atoms with E-state index in [9.17, 15) is 4.39 Å². The highest BCUT2D eigenvalue weighted by atomic mass is 19.1. The summed E-state index contributed by atoms with van der Waals surface area (Å²) in [6.45, 7) is 5.73. The molecule has 1 saturated heterocycles. The van der Waals surface area contributed by atoms with E-state index >= 15 is 0 Å². The summed E-state index contributed by atoms with van der Waals surface area (Å²) in [6.07, 6.45) is 3.47. The van der Waals surface area contributed by atoms with Crippen LogP contribution < -0.4 is 10.2 Å². The van der Waals surface area contributed by atoms with E-state index in [1.165, 1.54) is 6.07 Å². The second-order valence-electron chi connectivity index (χ2n) is 7.17. The number of imidazole rings is 1. The molecule has 7 heteroatoms. The predicted molar refractivity (Wildman–Crippen MR) is 107 cm³/mol. The molecule has 28 heavy (non-hydrogen) atoms. The molecule has 1 aliphatic heterocycles. The number of aromatic nitrogens is 4. The molecule has 0 bridgehead atoms. The van der Waals surface area contributed by atoms with Crippen LogP contribution in [-0.4, -0.2) is 45.8 Å². The van der Waals surface area contributed by atoms with Crippen LogP contribution in [0.5, 0.6) is 0 Å². The van der Waals surface area contributed by atoms with Crippen LogP contribution in [0.1, 0.15) is 24.1 Å². The number of piperazine rings is 1. The molecule has 1 aromatic carbocycles. The number of benzene rings is 1. The Kier molecular flexibility index (Phi) is 4.16. The second kappa shape index (κ2) is 6.83. The summed E-state index contributed by atoms with van der Waals surface area (Å²) < 4.78 is 16.7. The molecule has 142 valence electrons. The molecule has 0 amide bonds. The topological polar surface area (TPSA) is 58.4 Å². The summed E-state index contributed by atoms with van der Waals surface area (Å²) in [7, 11) is 0. The molecule has 3 aromatic heterocycles. The molecule has 4 heterocycles. The third kappa shape index (κ3) is 2.88. The van der Waals surface area contributed by atoms with Gasteiger partial charge in [-0.1, -0.05) is 13.0 Å². The normalized spacial score (nSPS) is 16.0. The molecule has 1 N–H and O–H groups in total. The maximum Gasteiger partial charge on any atom is 0.153 e. The zero-order chi connectivity index (χ0) is 19.1. The van der Waals surface area contributed by atoms with Crippen LogP contribution in [-0.2, 0) is 0 Å². The Morgan fingerprint density at radius 2 is 1.96 bits per heavy atom. The SMILES string of the molecule is CC(c1cc2cccnc2cc1F)c1cnc2ccc(N3CCNCC3)nn12. The first-order valence-corrected chi connectivity index (χ1v) is 9.55. The van der Waals surface area contributed by atoms with Crippen molar-refractivity contribution >= 4 is 22.4 Å². The van der Waals surface area contributed by atoms with Gasteiger partial charge in [0.25, 0.3) is 0 Å². The number of hydrogen-bond donors (Lipinski definition) is 1. The molecule has 1 aliphatic rings. The van der Waals surface area contributed by atoms with E-state index in [2.05, 4.69) is 20.2 Å². The Hall–Kier alpha value is -3.06. The minimum absolute atomic E-state index is 0.189. The summed E-state index contributed by atoms with van der Waals surface area (Å²) in [5.41, 5.74) is 2.92. The van der Waals surface area contributed by atoms with Gasteiger partial charge in [0.2, 0.25) is 0 Å². The van der Waals surface area contributed by atoms with Gasteiger partial charge in [-0.15, -0.1) is 5.10 Å². The number of halogens is 1. The van der Waals surface area contributed by atoms with E-state index in [1.807, 2.05) is 41.8 Å². The summed E-state index contributed by atoms with van der Waals surface area (Å²) in [6, 6.07) is 11.2. The first-order valence-electron chi connectivity index (χ1n) is 9.55. The van der Waals surface area contributed by atoms with Crippen molar-refractivity contribution in [2.45, 2.75) is 12.8 Å².